The van der Waals surface area contributed by atoms with Gasteiger partial charge in [-0.15, -0.1) is 0 Å². The number of para-hydroxylation sites is 1. The maximum Gasteiger partial charge on any atom is 0.312 e. The number of hydrogen-bond acceptors (Lipinski definition) is 4. The monoisotopic (exact) mass is 420 g/mol. The zero-order valence-electron chi connectivity index (χ0n) is 17.7. The number of nitrogens with zero attached hydrogens (tertiary/aromatic N) is 2. The van der Waals surface area contributed by atoms with E-state index < -0.39 is 5.41 Å². The van der Waals surface area contributed by atoms with Crippen molar-refractivity contribution in [2.24, 2.45) is 0 Å². The maximum atomic E-state index is 13.2. The van der Waals surface area contributed by atoms with Gasteiger partial charge in [0.05, 0.1) is 11.8 Å². The molecule has 158 valence electrons. The Hall–Kier alpha value is -3.92. The van der Waals surface area contributed by atoms with Gasteiger partial charge in [-0.1, -0.05) is 84.9 Å². The predicted molar refractivity (Wildman–Crippen MR) is 126 cm³/mol. The minimum Gasteiger partial charge on any atom is -0.426 e. The van der Waals surface area contributed by atoms with E-state index in [1.165, 1.54) is 5.56 Å². The Bertz CT molecular complexity index is 1200. The van der Waals surface area contributed by atoms with Crippen LogP contribution in [-0.2, 0) is 16.8 Å². The van der Waals surface area contributed by atoms with Crippen LogP contribution >= 0.6 is 0 Å². The van der Waals surface area contributed by atoms with Crippen molar-refractivity contribution in [2.75, 3.05) is 11.4 Å². The average Bonchev–Trinajstić information content (AvgIpc) is 3.15. The quantitative estimate of drug-likeness (QED) is 0.310. The van der Waals surface area contributed by atoms with Crippen LogP contribution in [0.4, 0.5) is 5.82 Å². The summed E-state index contributed by atoms with van der Waals surface area (Å²) in [7, 11) is 0. The summed E-state index contributed by atoms with van der Waals surface area (Å²) in [5.74, 6) is 1.23. The van der Waals surface area contributed by atoms with E-state index in [4.69, 9.17) is 9.72 Å². The molecule has 1 aliphatic heterocycles. The van der Waals surface area contributed by atoms with E-state index in [1.54, 1.807) is 12.1 Å². The summed E-state index contributed by atoms with van der Waals surface area (Å²) in [6.07, 6.45) is 2.05. The van der Waals surface area contributed by atoms with E-state index in [0.717, 1.165) is 23.5 Å². The van der Waals surface area contributed by atoms with Crippen molar-refractivity contribution in [3.8, 4) is 5.75 Å². The number of carbonyl (C=O) groups excluding carboxylic acids is 1. The smallest absolute Gasteiger partial charge is 0.312 e. The van der Waals surface area contributed by atoms with Crippen molar-refractivity contribution >= 4 is 11.8 Å². The molecule has 1 aromatic heterocycles. The average molecular weight is 421 g/mol. The standard InChI is InChI=1S/C28H24N2O2/c31-26(32-24-15-8-3-9-16-24)19-28(23-13-6-2-7-14-23)21-30(20-22-11-4-1-5-12-22)27-25(28)17-10-18-29-27/h1-18H,19-21H2. The van der Waals surface area contributed by atoms with E-state index in [1.807, 2.05) is 66.9 Å². The van der Waals surface area contributed by atoms with Crippen molar-refractivity contribution in [2.45, 2.75) is 18.4 Å². The van der Waals surface area contributed by atoms with Crippen LogP contribution in [0.1, 0.15) is 23.1 Å². The van der Waals surface area contributed by atoms with Crippen molar-refractivity contribution in [1.29, 1.82) is 0 Å². The molecule has 2 heterocycles. The zero-order valence-corrected chi connectivity index (χ0v) is 17.7. The Labute approximate surface area is 188 Å². The van der Waals surface area contributed by atoms with E-state index in [0.29, 0.717) is 12.3 Å². The second-order valence-corrected chi connectivity index (χ2v) is 8.13. The zero-order chi connectivity index (χ0) is 21.8. The molecule has 0 N–H and O–H groups in total. The fourth-order valence-corrected chi connectivity index (χ4v) is 4.60. The van der Waals surface area contributed by atoms with Crippen LogP contribution in [0.2, 0.25) is 0 Å². The molecule has 4 aromatic rings. The van der Waals surface area contributed by atoms with Crippen LogP contribution in [0.25, 0.3) is 0 Å². The second-order valence-electron chi connectivity index (χ2n) is 8.13. The van der Waals surface area contributed by atoms with Gasteiger partial charge in [-0.05, 0) is 29.3 Å². The summed E-state index contributed by atoms with van der Waals surface area (Å²) < 4.78 is 5.71. The Morgan fingerprint density at radius 2 is 1.50 bits per heavy atom. The number of pyridine rings is 1. The Balaban J connectivity index is 1.53. The molecule has 0 spiro atoms. The first-order chi connectivity index (χ1) is 15.7. The molecule has 0 aliphatic carbocycles. The lowest BCUT2D eigenvalue weighted by molar-refractivity contribution is -0.135. The first-order valence-corrected chi connectivity index (χ1v) is 10.8. The van der Waals surface area contributed by atoms with Crippen LogP contribution in [0.3, 0.4) is 0 Å². The highest BCUT2D eigenvalue weighted by Crippen LogP contribution is 2.47. The van der Waals surface area contributed by atoms with E-state index in [9.17, 15) is 4.79 Å². The number of aromatic nitrogens is 1. The highest BCUT2D eigenvalue weighted by Gasteiger charge is 2.46. The first-order valence-electron chi connectivity index (χ1n) is 10.8. The van der Waals surface area contributed by atoms with E-state index >= 15 is 0 Å². The maximum absolute atomic E-state index is 13.2. The SMILES string of the molecule is O=C(CC1(c2ccccc2)CN(Cc2ccccc2)c2ncccc21)Oc1ccccc1. The van der Waals surface area contributed by atoms with Gasteiger partial charge >= 0.3 is 5.97 Å². The number of benzene rings is 3. The van der Waals surface area contributed by atoms with E-state index in [2.05, 4.69) is 35.2 Å². The van der Waals surface area contributed by atoms with Gasteiger partial charge in [-0.25, -0.2) is 4.98 Å². The fourth-order valence-electron chi connectivity index (χ4n) is 4.60. The van der Waals surface area contributed by atoms with Crippen LogP contribution < -0.4 is 9.64 Å². The van der Waals surface area contributed by atoms with Gasteiger partial charge in [-0.3, -0.25) is 4.79 Å². The molecule has 0 saturated heterocycles. The molecule has 5 rings (SSSR count). The van der Waals surface area contributed by atoms with E-state index in [-0.39, 0.29) is 12.4 Å². The minimum absolute atomic E-state index is 0.232. The molecule has 0 fully saturated rings. The van der Waals surface area contributed by atoms with Gasteiger partial charge in [0.2, 0.25) is 0 Å². The van der Waals surface area contributed by atoms with Gasteiger partial charge < -0.3 is 9.64 Å². The first kappa shape index (κ1) is 20.0. The number of esters is 1. The molecule has 0 saturated carbocycles. The van der Waals surface area contributed by atoms with Gasteiger partial charge in [-0.2, -0.15) is 0 Å². The minimum atomic E-state index is -0.536. The molecule has 3 aromatic carbocycles. The molecule has 4 heteroatoms. The summed E-state index contributed by atoms with van der Waals surface area (Å²) in [5, 5.41) is 0. The Morgan fingerprint density at radius 1 is 0.844 bits per heavy atom. The molecule has 32 heavy (non-hydrogen) atoms. The molecule has 1 aliphatic rings. The van der Waals surface area contributed by atoms with Gasteiger partial charge in [0.25, 0.3) is 0 Å². The van der Waals surface area contributed by atoms with Gasteiger partial charge in [0.1, 0.15) is 11.6 Å². The van der Waals surface area contributed by atoms with Crippen molar-refractivity contribution in [1.82, 2.24) is 4.98 Å². The highest BCUT2D eigenvalue weighted by molar-refractivity contribution is 5.78. The third kappa shape index (κ3) is 3.87. The largest absolute Gasteiger partial charge is 0.426 e. The molecule has 1 unspecified atom stereocenters. The predicted octanol–water partition coefficient (Wildman–Crippen LogP) is 5.38. The van der Waals surface area contributed by atoms with Gasteiger partial charge in [0.15, 0.2) is 0 Å². The normalized spacial score (nSPS) is 17.1. The number of fused-ring (bicyclic) bond motifs is 1. The lowest BCUT2D eigenvalue weighted by Gasteiger charge is -2.30. The van der Waals surface area contributed by atoms with Crippen molar-refractivity contribution < 1.29 is 9.53 Å². The molecule has 0 amide bonds. The molecule has 1 atom stereocenters. The number of hydrogen-bond donors (Lipinski definition) is 0. The number of rotatable bonds is 6. The lowest BCUT2D eigenvalue weighted by atomic mass is 9.74. The summed E-state index contributed by atoms with van der Waals surface area (Å²) >= 11 is 0. The summed E-state index contributed by atoms with van der Waals surface area (Å²) in [4.78, 5) is 20.2. The molecular weight excluding hydrogens is 396 g/mol. The number of anilines is 1. The number of ether oxygens (including phenoxy) is 1. The third-order valence-electron chi connectivity index (χ3n) is 6.03. The van der Waals surface area contributed by atoms with Crippen molar-refractivity contribution in [3.05, 3.63) is 126 Å². The van der Waals surface area contributed by atoms with Crippen LogP contribution in [-0.4, -0.2) is 17.5 Å². The molecule has 0 radical (unpaired) electrons. The molecule has 0 bridgehead atoms. The highest BCUT2D eigenvalue weighted by atomic mass is 16.5. The number of carbonyl (C=O) groups is 1. The third-order valence-corrected chi connectivity index (χ3v) is 6.03. The lowest BCUT2D eigenvalue weighted by Crippen LogP contribution is -2.37. The second kappa shape index (κ2) is 8.67. The summed E-state index contributed by atoms with van der Waals surface area (Å²) in [6, 6.07) is 33.9. The van der Waals surface area contributed by atoms with Crippen LogP contribution in [0, 0.1) is 0 Å². The summed E-state index contributed by atoms with van der Waals surface area (Å²) in [6.45, 7) is 1.38. The molecular formula is C28H24N2O2. The molecule has 4 nitrogen and oxygen atoms in total. The fraction of sp³-hybridized carbons (Fsp3) is 0.143. The van der Waals surface area contributed by atoms with Crippen LogP contribution in [0.5, 0.6) is 5.75 Å². The topological polar surface area (TPSA) is 42.4 Å². The van der Waals surface area contributed by atoms with Crippen molar-refractivity contribution in [3.63, 3.8) is 0 Å². The Kier molecular flexibility index (Phi) is 5.42. The Morgan fingerprint density at radius 3 is 2.22 bits per heavy atom. The van der Waals surface area contributed by atoms with Gasteiger partial charge in [0, 0.05) is 24.8 Å². The summed E-state index contributed by atoms with van der Waals surface area (Å²) in [5.41, 5.74) is 2.83. The van der Waals surface area contributed by atoms with Crippen LogP contribution in [0.15, 0.2) is 109 Å².